The molecule has 0 unspecified atom stereocenters. The Kier molecular flexibility index (Phi) is 9.53. The Morgan fingerprint density at radius 1 is 0.692 bits per heavy atom. The topological polar surface area (TPSA) is 9.23 Å². The number of ether oxygens (including phenoxy) is 1. The number of alkyl halides is 5. The van der Waals surface area contributed by atoms with E-state index >= 15 is 0 Å². The molecule has 2 aromatic carbocycles. The molecule has 0 radical (unpaired) electrons. The molecule has 0 saturated heterocycles. The highest BCUT2D eigenvalue weighted by molar-refractivity contribution is 5.33. The first kappa shape index (κ1) is 29.7. The highest BCUT2D eigenvalue weighted by atomic mass is 19.4. The lowest BCUT2D eigenvalue weighted by molar-refractivity contribution is -0.186. The maximum Gasteiger partial charge on any atom is 0.426 e. The van der Waals surface area contributed by atoms with Crippen LogP contribution >= 0.6 is 0 Å². The molecule has 1 nitrogen and oxygen atoms in total. The molecule has 39 heavy (non-hydrogen) atoms. The van der Waals surface area contributed by atoms with Crippen molar-refractivity contribution in [2.24, 2.45) is 17.8 Å². The summed E-state index contributed by atoms with van der Waals surface area (Å²) in [6, 6.07) is 6.05. The van der Waals surface area contributed by atoms with E-state index in [0.717, 1.165) is 49.0 Å². The van der Waals surface area contributed by atoms with Crippen LogP contribution < -0.4 is 4.74 Å². The molecule has 0 aliphatic heterocycles. The second-order valence-electron chi connectivity index (χ2n) is 11.5. The lowest BCUT2D eigenvalue weighted by atomic mass is 9.74. The van der Waals surface area contributed by atoms with E-state index in [9.17, 15) is 30.7 Å². The Hall–Kier alpha value is -2.25. The van der Waals surface area contributed by atoms with E-state index in [-0.39, 0.29) is 17.9 Å². The van der Waals surface area contributed by atoms with Gasteiger partial charge >= 0.3 is 12.3 Å². The number of hydrogen-bond acceptors (Lipinski definition) is 1. The minimum atomic E-state index is -5.34. The van der Waals surface area contributed by atoms with Gasteiger partial charge in [0.05, 0.1) is 5.56 Å². The first-order valence-corrected chi connectivity index (χ1v) is 14.2. The Bertz CT molecular complexity index is 1040. The predicted molar refractivity (Wildman–Crippen MR) is 137 cm³/mol. The average Bonchev–Trinajstić information content (AvgIpc) is 2.88. The molecule has 0 heterocycles. The highest BCUT2D eigenvalue weighted by Gasteiger charge is 2.42. The maximum absolute atomic E-state index is 14.6. The van der Waals surface area contributed by atoms with Crippen LogP contribution in [0.15, 0.2) is 36.4 Å². The second-order valence-corrected chi connectivity index (χ2v) is 11.5. The van der Waals surface area contributed by atoms with Crippen LogP contribution in [0.4, 0.5) is 30.7 Å². The third kappa shape index (κ3) is 7.69. The number of rotatable bonds is 9. The Balaban J connectivity index is 1.27. The van der Waals surface area contributed by atoms with E-state index < -0.39 is 35.0 Å². The Morgan fingerprint density at radius 3 is 1.62 bits per heavy atom. The van der Waals surface area contributed by atoms with Crippen LogP contribution in [0.1, 0.15) is 107 Å². The third-order valence-electron chi connectivity index (χ3n) is 8.75. The van der Waals surface area contributed by atoms with Crippen LogP contribution in [0, 0.1) is 29.4 Å². The molecule has 0 atom stereocenters. The van der Waals surface area contributed by atoms with Gasteiger partial charge in [-0.2, -0.15) is 22.0 Å². The van der Waals surface area contributed by atoms with Gasteiger partial charge in [-0.1, -0.05) is 70.4 Å². The molecule has 2 aromatic rings. The van der Waals surface area contributed by atoms with Gasteiger partial charge in [-0.3, -0.25) is 0 Å². The van der Waals surface area contributed by atoms with Crippen LogP contribution in [-0.2, 0) is 12.3 Å². The van der Waals surface area contributed by atoms with Crippen molar-refractivity contribution in [3.05, 3.63) is 64.7 Å². The van der Waals surface area contributed by atoms with Crippen LogP contribution in [0.25, 0.3) is 0 Å². The largest absolute Gasteiger partial charge is 0.429 e. The van der Waals surface area contributed by atoms with Crippen molar-refractivity contribution in [2.45, 2.75) is 102 Å². The molecule has 0 aromatic heterocycles. The lowest BCUT2D eigenvalue weighted by Gasteiger charge is -2.32. The molecule has 0 N–H and O–H groups in total. The van der Waals surface area contributed by atoms with Crippen molar-refractivity contribution in [1.29, 1.82) is 0 Å². The third-order valence-corrected chi connectivity index (χ3v) is 8.75. The van der Waals surface area contributed by atoms with Crippen LogP contribution in [0.2, 0.25) is 0 Å². The summed E-state index contributed by atoms with van der Waals surface area (Å²) in [6.07, 6.45) is 5.57. The van der Waals surface area contributed by atoms with E-state index in [1.807, 2.05) is 0 Å². The van der Waals surface area contributed by atoms with Gasteiger partial charge in [-0.15, -0.1) is 0 Å². The van der Waals surface area contributed by atoms with Crippen molar-refractivity contribution in [1.82, 2.24) is 0 Å². The highest BCUT2D eigenvalue weighted by Crippen LogP contribution is 2.42. The summed E-state index contributed by atoms with van der Waals surface area (Å²) in [5.41, 5.74) is -2.53. The zero-order valence-corrected chi connectivity index (χ0v) is 22.3. The SMILES string of the molecule is CCCC1CCC(CCC2CCC(c3ccc(OC(F)(F)c4cc(F)c(C(F)(F)F)c(F)c4)cc3)CC2)CC1. The summed E-state index contributed by atoms with van der Waals surface area (Å²) in [7, 11) is 0. The fraction of sp³-hybridized carbons (Fsp3) is 0.613. The molecule has 0 amide bonds. The molecule has 216 valence electrons. The van der Waals surface area contributed by atoms with Gasteiger partial charge in [0.1, 0.15) is 22.9 Å². The number of benzene rings is 2. The normalized spacial score (nSPS) is 24.5. The predicted octanol–water partition coefficient (Wildman–Crippen LogP) is 10.8. The molecule has 4 rings (SSSR count). The second kappa shape index (κ2) is 12.5. The van der Waals surface area contributed by atoms with Gasteiger partial charge in [0.2, 0.25) is 0 Å². The van der Waals surface area contributed by atoms with Crippen molar-refractivity contribution >= 4 is 0 Å². The molecule has 2 fully saturated rings. The van der Waals surface area contributed by atoms with Gasteiger partial charge in [0.15, 0.2) is 0 Å². The average molecular weight is 559 g/mol. The van der Waals surface area contributed by atoms with Crippen molar-refractivity contribution < 1.29 is 35.5 Å². The first-order chi connectivity index (χ1) is 18.5. The van der Waals surface area contributed by atoms with E-state index in [1.165, 1.54) is 63.5 Å². The smallest absolute Gasteiger partial charge is 0.426 e. The zero-order valence-electron chi connectivity index (χ0n) is 22.3. The first-order valence-electron chi connectivity index (χ1n) is 14.2. The standard InChI is InChI=1S/C31H37F7O/c1-2-3-20-4-6-21(7-5-20)8-9-22-10-12-23(13-11-22)24-14-16-26(17-15-24)39-31(37,38)25-18-27(32)29(28(33)19-25)30(34,35)36/h14-23H,2-13H2,1H3. The monoisotopic (exact) mass is 558 g/mol. The minimum absolute atomic E-state index is 0.0455. The molecule has 8 heteroatoms. The van der Waals surface area contributed by atoms with E-state index in [2.05, 4.69) is 11.7 Å². The summed E-state index contributed by atoms with van der Waals surface area (Å²) in [5.74, 6) is -1.61. The van der Waals surface area contributed by atoms with Crippen molar-refractivity contribution in [3.8, 4) is 5.75 Å². The number of halogens is 7. The van der Waals surface area contributed by atoms with Gasteiger partial charge in [-0.25, -0.2) is 8.78 Å². The van der Waals surface area contributed by atoms with Gasteiger partial charge in [0, 0.05) is 0 Å². The van der Waals surface area contributed by atoms with Gasteiger partial charge in [-0.05, 0) is 79.2 Å². The van der Waals surface area contributed by atoms with Gasteiger partial charge < -0.3 is 4.74 Å². The fourth-order valence-corrected chi connectivity index (χ4v) is 6.50. The van der Waals surface area contributed by atoms with E-state index in [4.69, 9.17) is 0 Å². The lowest BCUT2D eigenvalue weighted by Crippen LogP contribution is -2.23. The van der Waals surface area contributed by atoms with Crippen molar-refractivity contribution in [3.63, 3.8) is 0 Å². The van der Waals surface area contributed by atoms with Crippen LogP contribution in [0.5, 0.6) is 5.75 Å². The van der Waals surface area contributed by atoms with E-state index in [0.29, 0.717) is 5.92 Å². The van der Waals surface area contributed by atoms with Gasteiger partial charge in [0.25, 0.3) is 0 Å². The quantitative estimate of drug-likeness (QED) is 0.278. The molecular formula is C31H37F7O. The molecule has 2 aliphatic rings. The van der Waals surface area contributed by atoms with Crippen molar-refractivity contribution in [2.75, 3.05) is 0 Å². The van der Waals surface area contributed by atoms with Crippen LogP contribution in [-0.4, -0.2) is 0 Å². The summed E-state index contributed by atoms with van der Waals surface area (Å²) in [5, 5.41) is 0. The summed E-state index contributed by atoms with van der Waals surface area (Å²) >= 11 is 0. The summed E-state index contributed by atoms with van der Waals surface area (Å²) in [4.78, 5) is 0. The molecule has 2 aliphatic carbocycles. The zero-order chi connectivity index (χ0) is 28.2. The summed E-state index contributed by atoms with van der Waals surface area (Å²) in [6.45, 7) is 2.27. The molecule has 2 saturated carbocycles. The Labute approximate surface area is 226 Å². The molecule has 0 bridgehead atoms. The van der Waals surface area contributed by atoms with Crippen LogP contribution in [0.3, 0.4) is 0 Å². The van der Waals surface area contributed by atoms with E-state index in [1.54, 1.807) is 12.1 Å². The fourth-order valence-electron chi connectivity index (χ4n) is 6.50. The Morgan fingerprint density at radius 2 is 1.15 bits per heavy atom. The minimum Gasteiger partial charge on any atom is -0.429 e. The molecule has 0 spiro atoms. The maximum atomic E-state index is 14.6. The summed E-state index contributed by atoms with van der Waals surface area (Å²) < 4.78 is 99.6. The molecular weight excluding hydrogens is 521 g/mol. The number of hydrogen-bond donors (Lipinski definition) is 0.